The Kier molecular flexibility index (Phi) is 9.20. The van der Waals surface area contributed by atoms with Crippen LogP contribution >= 0.6 is 0 Å². The molecule has 2 rings (SSSR count). The molecular weight excluding hydrogens is 396 g/mol. The highest BCUT2D eigenvalue weighted by molar-refractivity contribution is 5.89. The van der Waals surface area contributed by atoms with Crippen molar-refractivity contribution in [3.8, 4) is 0 Å². The van der Waals surface area contributed by atoms with Crippen LogP contribution in [0.2, 0.25) is 0 Å². The monoisotopic (exact) mass is 432 g/mol. The zero-order valence-corrected chi connectivity index (χ0v) is 19.3. The van der Waals surface area contributed by atoms with Crippen LogP contribution < -0.4 is 0 Å². The molecule has 6 heteroatoms. The first-order valence-electron chi connectivity index (χ1n) is 11.3. The van der Waals surface area contributed by atoms with Crippen LogP contribution in [0.3, 0.4) is 0 Å². The lowest BCUT2D eigenvalue weighted by molar-refractivity contribution is -0.148. The third-order valence-electron chi connectivity index (χ3n) is 6.27. The van der Waals surface area contributed by atoms with Gasteiger partial charge in [0.05, 0.1) is 13.0 Å². The van der Waals surface area contributed by atoms with E-state index in [2.05, 4.69) is 6.08 Å². The Bertz CT molecular complexity index is 758. The zero-order chi connectivity index (χ0) is 23.0. The van der Waals surface area contributed by atoms with E-state index in [0.717, 1.165) is 24.8 Å². The van der Waals surface area contributed by atoms with E-state index in [4.69, 9.17) is 9.47 Å². The molecule has 2 unspecified atom stereocenters. The second-order valence-corrected chi connectivity index (χ2v) is 9.51. The summed E-state index contributed by atoms with van der Waals surface area (Å²) in [6.45, 7) is 7.83. The molecule has 0 saturated carbocycles. The summed E-state index contributed by atoms with van der Waals surface area (Å²) in [5, 5.41) is 0. The number of rotatable bonds is 12. The summed E-state index contributed by atoms with van der Waals surface area (Å²) in [6, 6.07) is 0. The highest BCUT2D eigenvalue weighted by Gasteiger charge is 2.35. The Balaban J connectivity index is 1.73. The summed E-state index contributed by atoms with van der Waals surface area (Å²) in [5.41, 5.74) is 1.41. The molecular formula is C25H36O6. The first-order chi connectivity index (χ1) is 14.6. The van der Waals surface area contributed by atoms with E-state index in [1.54, 1.807) is 6.92 Å². The molecule has 1 fully saturated rings. The van der Waals surface area contributed by atoms with Gasteiger partial charge in [-0.15, -0.1) is 0 Å². The molecule has 2 heterocycles. The minimum Gasteiger partial charge on any atom is -0.465 e. The highest BCUT2D eigenvalue weighted by Crippen LogP contribution is 2.29. The second kappa shape index (κ2) is 11.4. The van der Waals surface area contributed by atoms with Crippen molar-refractivity contribution in [2.24, 2.45) is 11.3 Å². The van der Waals surface area contributed by atoms with Crippen LogP contribution in [0.25, 0.3) is 0 Å². The SMILES string of the molecule is CC(=O)CCCC(C)(C)C(=O)CCC(C)=CCCC1=CCC(C2COC(=O)C2)OC1=O. The highest BCUT2D eigenvalue weighted by atomic mass is 16.6. The van der Waals surface area contributed by atoms with Crippen molar-refractivity contribution in [2.75, 3.05) is 6.61 Å². The van der Waals surface area contributed by atoms with E-state index in [1.165, 1.54) is 0 Å². The maximum absolute atomic E-state index is 12.6. The number of carbonyl (C=O) groups excluding carboxylic acids is 4. The van der Waals surface area contributed by atoms with E-state index >= 15 is 0 Å². The number of cyclic esters (lactones) is 2. The maximum atomic E-state index is 12.6. The molecule has 0 aromatic rings. The molecule has 0 N–H and O–H groups in total. The van der Waals surface area contributed by atoms with Gasteiger partial charge in [-0.3, -0.25) is 9.59 Å². The number of ether oxygens (including phenoxy) is 2. The van der Waals surface area contributed by atoms with Gasteiger partial charge in [0, 0.05) is 36.2 Å². The minimum absolute atomic E-state index is 0.0411. The van der Waals surface area contributed by atoms with E-state index in [9.17, 15) is 19.2 Å². The van der Waals surface area contributed by atoms with E-state index < -0.39 is 5.41 Å². The number of hydrogen-bond donors (Lipinski definition) is 0. The van der Waals surface area contributed by atoms with Crippen molar-refractivity contribution in [1.29, 1.82) is 0 Å². The molecule has 1 saturated heterocycles. The Hall–Kier alpha value is -2.24. The fourth-order valence-corrected chi connectivity index (χ4v) is 4.01. The van der Waals surface area contributed by atoms with Gasteiger partial charge >= 0.3 is 11.9 Å². The quantitative estimate of drug-likeness (QED) is 0.329. The van der Waals surface area contributed by atoms with Crippen molar-refractivity contribution < 1.29 is 28.7 Å². The first-order valence-corrected chi connectivity index (χ1v) is 11.3. The number of allylic oxidation sites excluding steroid dienone is 2. The molecule has 0 radical (unpaired) electrons. The largest absolute Gasteiger partial charge is 0.465 e. The Labute approximate surface area is 185 Å². The van der Waals surface area contributed by atoms with Gasteiger partial charge in [-0.1, -0.05) is 31.6 Å². The molecule has 0 bridgehead atoms. The number of hydrogen-bond acceptors (Lipinski definition) is 6. The van der Waals surface area contributed by atoms with Gasteiger partial charge in [0.25, 0.3) is 0 Å². The number of carbonyl (C=O) groups is 4. The van der Waals surface area contributed by atoms with Crippen LogP contribution in [0.1, 0.15) is 85.5 Å². The van der Waals surface area contributed by atoms with Crippen molar-refractivity contribution in [3.05, 3.63) is 23.3 Å². The molecule has 6 nitrogen and oxygen atoms in total. The smallest absolute Gasteiger partial charge is 0.333 e. The summed E-state index contributed by atoms with van der Waals surface area (Å²) in [7, 11) is 0. The summed E-state index contributed by atoms with van der Waals surface area (Å²) < 4.78 is 10.5. The van der Waals surface area contributed by atoms with Crippen LogP contribution in [0, 0.1) is 11.3 Å². The van der Waals surface area contributed by atoms with Crippen molar-refractivity contribution in [1.82, 2.24) is 0 Å². The Morgan fingerprint density at radius 1 is 1.16 bits per heavy atom. The van der Waals surface area contributed by atoms with Crippen molar-refractivity contribution >= 4 is 23.5 Å². The zero-order valence-electron chi connectivity index (χ0n) is 19.3. The molecule has 0 aromatic heterocycles. The molecule has 2 aliphatic heterocycles. The standard InChI is InChI=1S/C25H36O6/c1-17(10-13-22(27)25(3,4)14-6-8-18(2)26)7-5-9-19-11-12-21(31-24(19)29)20-15-23(28)30-16-20/h7,11,20-21H,5-6,8-10,12-16H2,1-4H3. The predicted molar refractivity (Wildman–Crippen MR) is 117 cm³/mol. The minimum atomic E-state index is -0.405. The normalized spacial score (nSPS) is 22.1. The van der Waals surface area contributed by atoms with E-state index in [0.29, 0.717) is 50.7 Å². The second-order valence-electron chi connectivity index (χ2n) is 9.51. The van der Waals surface area contributed by atoms with Gasteiger partial charge in [0.2, 0.25) is 0 Å². The molecule has 172 valence electrons. The number of esters is 2. The average molecular weight is 433 g/mol. The predicted octanol–water partition coefficient (Wildman–Crippen LogP) is 4.65. The van der Waals surface area contributed by atoms with Gasteiger partial charge in [0.1, 0.15) is 17.7 Å². The Morgan fingerprint density at radius 2 is 1.90 bits per heavy atom. The van der Waals surface area contributed by atoms with E-state index in [1.807, 2.05) is 26.8 Å². The van der Waals surface area contributed by atoms with Gasteiger partial charge < -0.3 is 14.3 Å². The fourth-order valence-electron chi connectivity index (χ4n) is 4.01. The number of Topliss-reactive ketones (excluding diaryl/α,β-unsaturated/α-hetero) is 2. The lowest BCUT2D eigenvalue weighted by atomic mass is 9.80. The van der Waals surface area contributed by atoms with Crippen LogP contribution in [-0.2, 0) is 28.7 Å². The van der Waals surface area contributed by atoms with Gasteiger partial charge in [-0.25, -0.2) is 4.79 Å². The fraction of sp³-hybridized carbons (Fsp3) is 0.680. The van der Waals surface area contributed by atoms with Crippen molar-refractivity contribution in [3.63, 3.8) is 0 Å². The topological polar surface area (TPSA) is 86.7 Å². The lowest BCUT2D eigenvalue weighted by Gasteiger charge is -2.25. The number of ketones is 2. The van der Waals surface area contributed by atoms with Crippen LogP contribution in [0.15, 0.2) is 23.3 Å². The molecule has 0 aromatic carbocycles. The summed E-state index contributed by atoms with van der Waals surface area (Å²) in [4.78, 5) is 47.2. The van der Waals surface area contributed by atoms with Gasteiger partial charge in [0.15, 0.2) is 0 Å². The van der Waals surface area contributed by atoms with Crippen molar-refractivity contribution in [2.45, 2.75) is 91.6 Å². The third kappa shape index (κ3) is 8.08. The molecule has 0 aliphatic carbocycles. The van der Waals surface area contributed by atoms with E-state index in [-0.39, 0.29) is 35.5 Å². The molecule has 0 amide bonds. The summed E-state index contributed by atoms with van der Waals surface area (Å²) in [6.07, 6.45) is 9.20. The lowest BCUT2D eigenvalue weighted by Crippen LogP contribution is -2.31. The maximum Gasteiger partial charge on any atom is 0.333 e. The van der Waals surface area contributed by atoms with Crippen LogP contribution in [0.5, 0.6) is 0 Å². The average Bonchev–Trinajstić information content (AvgIpc) is 3.13. The summed E-state index contributed by atoms with van der Waals surface area (Å²) >= 11 is 0. The molecule has 0 spiro atoms. The molecule has 2 aliphatic rings. The van der Waals surface area contributed by atoms with Crippen LogP contribution in [-0.4, -0.2) is 36.2 Å². The van der Waals surface area contributed by atoms with Gasteiger partial charge in [-0.05, 0) is 46.0 Å². The first kappa shape index (κ1) is 25.0. The Morgan fingerprint density at radius 3 is 2.52 bits per heavy atom. The van der Waals surface area contributed by atoms with Gasteiger partial charge in [-0.2, -0.15) is 0 Å². The molecule has 31 heavy (non-hydrogen) atoms. The van der Waals surface area contributed by atoms with Crippen LogP contribution in [0.4, 0.5) is 0 Å². The summed E-state index contributed by atoms with van der Waals surface area (Å²) in [5.74, 6) is -0.181. The third-order valence-corrected chi connectivity index (χ3v) is 6.27. The molecule has 2 atom stereocenters.